The molecule has 0 saturated carbocycles. The number of carbonyl (C=O) groups excluding carboxylic acids is 1. The van der Waals surface area contributed by atoms with Crippen LogP contribution in [0.15, 0.2) is 11.6 Å². The molecule has 132 valence electrons. The molecule has 6 nitrogen and oxygen atoms in total. The van der Waals surface area contributed by atoms with Gasteiger partial charge in [-0.1, -0.05) is 0 Å². The maximum Gasteiger partial charge on any atom is 0.251 e. The van der Waals surface area contributed by atoms with Crippen molar-refractivity contribution in [3.8, 4) is 0 Å². The predicted molar refractivity (Wildman–Crippen MR) is 92.4 cm³/mol. The Balaban J connectivity index is 1.48. The van der Waals surface area contributed by atoms with Crippen molar-refractivity contribution in [1.82, 2.24) is 9.88 Å². The molecule has 4 rings (SSSR count). The Bertz CT molecular complexity index is 561. The highest BCUT2D eigenvalue weighted by atomic mass is 32.1. The summed E-state index contributed by atoms with van der Waals surface area (Å²) in [6.07, 6.45) is 5.63. The monoisotopic (exact) mass is 351 g/mol. The molecule has 0 radical (unpaired) electrons. The van der Waals surface area contributed by atoms with Gasteiger partial charge in [0, 0.05) is 49.8 Å². The first kappa shape index (κ1) is 16.3. The van der Waals surface area contributed by atoms with Crippen LogP contribution in [0.2, 0.25) is 0 Å². The Labute approximate surface area is 146 Å². The van der Waals surface area contributed by atoms with Crippen LogP contribution < -0.4 is 4.90 Å². The number of piperidine rings is 1. The third kappa shape index (κ3) is 3.30. The molecule has 3 aliphatic rings. The smallest absolute Gasteiger partial charge is 0.251 e. The number of nitrogens with zero attached hydrogens (tertiary/aromatic N) is 3. The number of carbonyl (C=O) groups is 1. The number of anilines is 1. The summed E-state index contributed by atoms with van der Waals surface area (Å²) in [6, 6.07) is 0. The molecule has 0 unspecified atom stereocenters. The zero-order valence-electron chi connectivity index (χ0n) is 14.0. The number of rotatable bonds is 2. The number of thiazole rings is 1. The lowest BCUT2D eigenvalue weighted by molar-refractivity contribution is -0.145. The zero-order chi connectivity index (χ0) is 16.4. The normalized spacial score (nSPS) is 31.4. The molecular formula is C17H25N3O3S. The van der Waals surface area contributed by atoms with Crippen LogP contribution in [0.4, 0.5) is 5.13 Å². The fourth-order valence-corrected chi connectivity index (χ4v) is 4.82. The van der Waals surface area contributed by atoms with Gasteiger partial charge in [0.2, 0.25) is 0 Å². The Kier molecular flexibility index (Phi) is 4.74. The van der Waals surface area contributed by atoms with Crippen LogP contribution >= 0.6 is 11.3 Å². The van der Waals surface area contributed by atoms with Gasteiger partial charge in [0.15, 0.2) is 5.13 Å². The largest absolute Gasteiger partial charge is 0.379 e. The topological polar surface area (TPSA) is 54.9 Å². The summed E-state index contributed by atoms with van der Waals surface area (Å²) in [4.78, 5) is 21.6. The van der Waals surface area contributed by atoms with E-state index in [1.54, 1.807) is 11.3 Å². The molecule has 7 heteroatoms. The standard InChI is InChI=1S/C17H25N3O3S/c21-15(14-3-1-8-23-14)19-6-2-4-17(11-19)12-20(7-9-22-13-17)16-18-5-10-24-16/h5,10,14H,1-4,6-9,11-13H2/t14-,17+/m1/s1. The van der Waals surface area contributed by atoms with Gasteiger partial charge in [-0.25, -0.2) is 4.98 Å². The molecule has 3 saturated heterocycles. The summed E-state index contributed by atoms with van der Waals surface area (Å²) in [6.45, 7) is 5.57. The third-order valence-electron chi connectivity index (χ3n) is 5.31. The van der Waals surface area contributed by atoms with Crippen LogP contribution in [-0.4, -0.2) is 67.9 Å². The maximum atomic E-state index is 12.8. The molecular weight excluding hydrogens is 326 g/mol. The van der Waals surface area contributed by atoms with E-state index < -0.39 is 0 Å². The van der Waals surface area contributed by atoms with E-state index in [0.29, 0.717) is 0 Å². The van der Waals surface area contributed by atoms with Gasteiger partial charge in [-0.15, -0.1) is 11.3 Å². The summed E-state index contributed by atoms with van der Waals surface area (Å²) in [7, 11) is 0. The van der Waals surface area contributed by atoms with Crippen LogP contribution in [-0.2, 0) is 14.3 Å². The molecule has 0 aliphatic carbocycles. The second-order valence-electron chi connectivity index (χ2n) is 7.15. The van der Waals surface area contributed by atoms with Gasteiger partial charge in [0.25, 0.3) is 5.91 Å². The van der Waals surface area contributed by atoms with E-state index in [9.17, 15) is 4.79 Å². The van der Waals surface area contributed by atoms with Crippen molar-refractivity contribution >= 4 is 22.4 Å². The quantitative estimate of drug-likeness (QED) is 0.813. The molecule has 1 amide bonds. The zero-order valence-corrected chi connectivity index (χ0v) is 14.8. The van der Waals surface area contributed by atoms with E-state index >= 15 is 0 Å². The first-order valence-corrected chi connectivity index (χ1v) is 9.76. The fourth-order valence-electron chi connectivity index (χ4n) is 4.15. The number of hydrogen-bond acceptors (Lipinski definition) is 6. The third-order valence-corrected chi connectivity index (χ3v) is 6.14. The average Bonchev–Trinajstić information content (AvgIpc) is 3.28. The van der Waals surface area contributed by atoms with Crippen LogP contribution in [0.1, 0.15) is 25.7 Å². The van der Waals surface area contributed by atoms with Gasteiger partial charge in [-0.05, 0) is 25.7 Å². The molecule has 0 bridgehead atoms. The summed E-state index contributed by atoms with van der Waals surface area (Å²) >= 11 is 1.67. The Morgan fingerprint density at radius 1 is 1.29 bits per heavy atom. The van der Waals surface area contributed by atoms with E-state index in [-0.39, 0.29) is 17.4 Å². The molecule has 0 N–H and O–H groups in total. The molecule has 4 heterocycles. The van der Waals surface area contributed by atoms with E-state index in [1.165, 1.54) is 0 Å². The lowest BCUT2D eigenvalue weighted by Crippen LogP contribution is -2.54. The fraction of sp³-hybridized carbons (Fsp3) is 0.765. The maximum absolute atomic E-state index is 12.8. The molecule has 0 aromatic carbocycles. The molecule has 2 atom stereocenters. The van der Waals surface area contributed by atoms with Gasteiger partial charge in [-0.3, -0.25) is 4.79 Å². The minimum absolute atomic E-state index is 0.00862. The molecule has 3 aliphatic heterocycles. The molecule has 3 fully saturated rings. The highest BCUT2D eigenvalue weighted by Crippen LogP contribution is 2.35. The summed E-state index contributed by atoms with van der Waals surface area (Å²) in [5.74, 6) is 0.177. The van der Waals surface area contributed by atoms with Gasteiger partial charge in [0.1, 0.15) is 6.10 Å². The number of amides is 1. The van der Waals surface area contributed by atoms with Crippen molar-refractivity contribution in [1.29, 1.82) is 0 Å². The van der Waals surface area contributed by atoms with Crippen LogP contribution in [0.5, 0.6) is 0 Å². The van der Waals surface area contributed by atoms with E-state index in [1.807, 2.05) is 16.5 Å². The van der Waals surface area contributed by atoms with Gasteiger partial charge < -0.3 is 19.3 Å². The molecule has 24 heavy (non-hydrogen) atoms. The highest BCUT2D eigenvalue weighted by Gasteiger charge is 2.42. The van der Waals surface area contributed by atoms with Crippen molar-refractivity contribution in [2.45, 2.75) is 31.8 Å². The van der Waals surface area contributed by atoms with Crippen molar-refractivity contribution < 1.29 is 14.3 Å². The second kappa shape index (κ2) is 6.98. The highest BCUT2D eigenvalue weighted by molar-refractivity contribution is 7.13. The Morgan fingerprint density at radius 2 is 2.25 bits per heavy atom. The van der Waals surface area contributed by atoms with E-state index in [4.69, 9.17) is 9.47 Å². The first-order valence-electron chi connectivity index (χ1n) is 8.88. The lowest BCUT2D eigenvalue weighted by Gasteiger charge is -2.44. The van der Waals surface area contributed by atoms with Gasteiger partial charge >= 0.3 is 0 Å². The first-order chi connectivity index (χ1) is 11.8. The van der Waals surface area contributed by atoms with Crippen molar-refractivity contribution in [3.63, 3.8) is 0 Å². The number of aromatic nitrogens is 1. The molecule has 1 aromatic rings. The van der Waals surface area contributed by atoms with Gasteiger partial charge in [0.05, 0.1) is 13.2 Å². The van der Waals surface area contributed by atoms with Gasteiger partial charge in [-0.2, -0.15) is 0 Å². The Hall–Kier alpha value is -1.18. The summed E-state index contributed by atoms with van der Waals surface area (Å²) in [5, 5.41) is 3.07. The van der Waals surface area contributed by atoms with Crippen molar-refractivity contribution in [3.05, 3.63) is 11.6 Å². The minimum Gasteiger partial charge on any atom is -0.379 e. The number of hydrogen-bond donors (Lipinski definition) is 0. The molecule has 1 spiro atoms. The van der Waals surface area contributed by atoms with Crippen molar-refractivity contribution in [2.24, 2.45) is 5.41 Å². The number of likely N-dealkylation sites (tertiary alicyclic amines) is 1. The predicted octanol–water partition coefficient (Wildman–Crippen LogP) is 1.77. The van der Waals surface area contributed by atoms with E-state index in [2.05, 4.69) is 9.88 Å². The molecule has 1 aromatic heterocycles. The SMILES string of the molecule is O=C([C@H]1CCCO1)N1CCC[C@]2(COCCN(c3nccs3)C2)C1. The van der Waals surface area contributed by atoms with Crippen molar-refractivity contribution in [2.75, 3.05) is 50.9 Å². The van der Waals surface area contributed by atoms with Crippen LogP contribution in [0, 0.1) is 5.41 Å². The van der Waals surface area contributed by atoms with E-state index in [0.717, 1.165) is 76.8 Å². The van der Waals surface area contributed by atoms with Crippen LogP contribution in [0.3, 0.4) is 0 Å². The average molecular weight is 351 g/mol. The second-order valence-corrected chi connectivity index (χ2v) is 8.03. The summed E-state index contributed by atoms with van der Waals surface area (Å²) in [5.41, 5.74) is 0.00862. The van der Waals surface area contributed by atoms with Crippen LogP contribution in [0.25, 0.3) is 0 Å². The lowest BCUT2D eigenvalue weighted by atomic mass is 9.80. The summed E-state index contributed by atoms with van der Waals surface area (Å²) < 4.78 is 11.5. The Morgan fingerprint density at radius 3 is 3.04 bits per heavy atom. The minimum atomic E-state index is -0.220. The number of ether oxygens (including phenoxy) is 2.